The number of piperidine rings is 2. The van der Waals surface area contributed by atoms with Crippen molar-refractivity contribution >= 4 is 56.2 Å². The van der Waals surface area contributed by atoms with E-state index in [4.69, 9.17) is 10.1 Å². The number of imide groups is 1. The molecule has 3 saturated heterocycles. The molecule has 13 nitrogen and oxygen atoms in total. The lowest BCUT2D eigenvalue weighted by atomic mass is 9.89. The zero-order valence-electron chi connectivity index (χ0n) is 34.1. The molecule has 8 rings (SSSR count). The van der Waals surface area contributed by atoms with Crippen LogP contribution in [-0.2, 0) is 19.6 Å². The lowest BCUT2D eigenvalue weighted by Crippen LogP contribution is -2.53. The summed E-state index contributed by atoms with van der Waals surface area (Å²) in [5.74, 6) is -1.12. The number of anilines is 4. The maximum atomic E-state index is 16.2. The molecule has 61 heavy (non-hydrogen) atoms. The van der Waals surface area contributed by atoms with Crippen molar-refractivity contribution in [3.05, 3.63) is 101 Å². The molecule has 3 aromatic carbocycles. The Bertz CT molecular complexity index is 2500. The summed E-state index contributed by atoms with van der Waals surface area (Å²) in [5.41, 5.74) is 3.57. The second-order valence-corrected chi connectivity index (χ2v) is 19.0. The van der Waals surface area contributed by atoms with Crippen molar-refractivity contribution in [3.8, 4) is 21.8 Å². The number of nitrogens with two attached hydrogens (primary N) is 1. The summed E-state index contributed by atoms with van der Waals surface area (Å²) in [6, 6.07) is 22.2. The number of thiazole rings is 1. The lowest BCUT2D eigenvalue weighted by Gasteiger charge is -2.43. The van der Waals surface area contributed by atoms with Gasteiger partial charge < -0.3 is 15.1 Å². The highest BCUT2D eigenvalue weighted by atomic mass is 32.2. The first-order chi connectivity index (χ1) is 29.3. The van der Waals surface area contributed by atoms with Crippen LogP contribution in [0.2, 0.25) is 0 Å². The van der Waals surface area contributed by atoms with Crippen LogP contribution in [0.15, 0.2) is 79.0 Å². The third-order valence-electron chi connectivity index (χ3n) is 11.9. The van der Waals surface area contributed by atoms with E-state index in [-0.39, 0.29) is 35.3 Å². The van der Waals surface area contributed by atoms with Crippen LogP contribution in [0, 0.1) is 12.7 Å². The summed E-state index contributed by atoms with van der Waals surface area (Å²) in [6.07, 6.45) is 3.50. The molecular weight excluding hydrogens is 821 g/mol. The molecule has 2 atom stereocenters. The van der Waals surface area contributed by atoms with Crippen molar-refractivity contribution < 1.29 is 26.8 Å². The number of hydrogen-bond acceptors (Lipinski definition) is 12. The van der Waals surface area contributed by atoms with Crippen LogP contribution in [-0.4, -0.2) is 91.6 Å². The van der Waals surface area contributed by atoms with Crippen LogP contribution in [0.4, 0.5) is 31.8 Å². The van der Waals surface area contributed by atoms with Crippen molar-refractivity contribution in [1.29, 1.82) is 0 Å². The average molecular weight is 870 g/mol. The molecule has 2 aromatic heterocycles. The number of hydrogen-bond donors (Lipinski definition) is 3. The number of aryl methyl sites for hydroxylation is 1. The summed E-state index contributed by atoms with van der Waals surface area (Å²) in [6.45, 7) is 8.20. The minimum Gasteiger partial charge on any atom is -0.371 e. The fraction of sp³-hybridized carbons (Fsp3) is 0.386. The van der Waals surface area contributed by atoms with Crippen LogP contribution >= 0.6 is 11.3 Å². The molecule has 3 aliphatic rings. The number of sulfonamides is 1. The first kappa shape index (κ1) is 42.3. The number of alkyl halides is 1. The first-order valence-electron chi connectivity index (χ1n) is 20.6. The van der Waals surface area contributed by atoms with E-state index in [1.807, 2.05) is 55.5 Å². The molecule has 5 aromatic rings. The third kappa shape index (κ3) is 9.44. The van der Waals surface area contributed by atoms with Gasteiger partial charge in [-0.15, -0.1) is 11.3 Å². The Hall–Kier alpha value is -5.36. The number of nitrogens with zero attached hydrogens (tertiary/aromatic N) is 6. The van der Waals surface area contributed by atoms with Crippen LogP contribution in [0.25, 0.3) is 21.8 Å². The number of halogens is 2. The fourth-order valence-corrected chi connectivity index (χ4v) is 10.5. The van der Waals surface area contributed by atoms with Crippen LogP contribution < -0.4 is 25.6 Å². The van der Waals surface area contributed by atoms with Gasteiger partial charge in [-0.3, -0.25) is 19.8 Å². The number of carbonyl (C=O) groups is 2. The quantitative estimate of drug-likeness (QED) is 0.112. The van der Waals surface area contributed by atoms with Crippen LogP contribution in [0.3, 0.4) is 0 Å². The van der Waals surface area contributed by atoms with Gasteiger partial charge in [0.2, 0.25) is 27.8 Å². The van der Waals surface area contributed by atoms with Crippen molar-refractivity contribution in [1.82, 2.24) is 25.2 Å². The van der Waals surface area contributed by atoms with E-state index in [0.29, 0.717) is 72.5 Å². The first-order valence-corrected chi connectivity index (χ1v) is 23.0. The summed E-state index contributed by atoms with van der Waals surface area (Å²) >= 11 is 1.36. The molecule has 3 fully saturated rings. The smallest absolute Gasteiger partial charge is 0.234 e. The van der Waals surface area contributed by atoms with Crippen molar-refractivity contribution in [2.75, 3.05) is 60.9 Å². The van der Waals surface area contributed by atoms with E-state index in [1.54, 1.807) is 31.3 Å². The predicted octanol–water partition coefficient (Wildman–Crippen LogP) is 6.85. The zero-order valence-corrected chi connectivity index (χ0v) is 35.7. The molecule has 0 saturated carbocycles. The molecule has 4 N–H and O–H groups in total. The van der Waals surface area contributed by atoms with Gasteiger partial charge in [0.05, 0.1) is 27.2 Å². The second-order valence-electron chi connectivity index (χ2n) is 16.0. The fourth-order valence-electron chi connectivity index (χ4n) is 8.64. The molecule has 0 bridgehead atoms. The van der Waals surface area contributed by atoms with Crippen molar-refractivity contribution in [2.24, 2.45) is 5.14 Å². The topological polar surface area (TPSA) is 167 Å². The molecule has 5 heterocycles. The summed E-state index contributed by atoms with van der Waals surface area (Å²) < 4.78 is 56.7. The summed E-state index contributed by atoms with van der Waals surface area (Å²) in [7, 11) is -4.03. The van der Waals surface area contributed by atoms with Crippen LogP contribution in [0.5, 0.6) is 0 Å². The second kappa shape index (κ2) is 17.6. The Labute approximate surface area is 358 Å². The summed E-state index contributed by atoms with van der Waals surface area (Å²) in [5, 5.41) is 10.6. The normalized spacial score (nSPS) is 19.1. The molecule has 2 amide bonds. The van der Waals surface area contributed by atoms with Gasteiger partial charge in [-0.1, -0.05) is 31.2 Å². The average Bonchev–Trinajstić information content (AvgIpc) is 3.63. The van der Waals surface area contributed by atoms with E-state index in [2.05, 4.69) is 35.3 Å². The predicted molar refractivity (Wildman–Crippen MR) is 235 cm³/mol. The molecule has 3 aliphatic heterocycles. The van der Waals surface area contributed by atoms with Gasteiger partial charge in [-0.05, 0) is 73.9 Å². The number of rotatable bonds is 12. The maximum Gasteiger partial charge on any atom is 0.234 e. The molecule has 320 valence electrons. The number of aromatic nitrogens is 3. The Balaban J connectivity index is 0.844. The number of amides is 2. The highest BCUT2D eigenvalue weighted by Crippen LogP contribution is 2.40. The molecule has 17 heteroatoms. The highest BCUT2D eigenvalue weighted by molar-refractivity contribution is 7.89. The summed E-state index contributed by atoms with van der Waals surface area (Å²) in [4.78, 5) is 45.0. The largest absolute Gasteiger partial charge is 0.371 e. The van der Waals surface area contributed by atoms with Gasteiger partial charge in [0.1, 0.15) is 16.7 Å². The maximum absolute atomic E-state index is 16.2. The van der Waals surface area contributed by atoms with E-state index < -0.39 is 26.8 Å². The van der Waals surface area contributed by atoms with Gasteiger partial charge >= 0.3 is 0 Å². The van der Waals surface area contributed by atoms with Gasteiger partial charge in [-0.2, -0.15) is 0 Å². The number of nitrogens with one attached hydrogen (secondary N) is 2. The number of benzene rings is 3. The molecule has 0 aliphatic carbocycles. The molecule has 0 radical (unpaired) electrons. The van der Waals surface area contributed by atoms with Crippen molar-refractivity contribution in [2.45, 2.75) is 62.8 Å². The monoisotopic (exact) mass is 869 g/mol. The highest BCUT2D eigenvalue weighted by Gasteiger charge is 2.37. The third-order valence-corrected chi connectivity index (χ3v) is 14.3. The van der Waals surface area contributed by atoms with Crippen LogP contribution in [0.1, 0.15) is 66.3 Å². The van der Waals surface area contributed by atoms with Crippen molar-refractivity contribution in [3.63, 3.8) is 0 Å². The van der Waals surface area contributed by atoms with Gasteiger partial charge in [0.15, 0.2) is 0 Å². The zero-order chi connectivity index (χ0) is 42.9. The molecule has 0 spiro atoms. The lowest BCUT2D eigenvalue weighted by molar-refractivity contribution is -0.134. The SMILES string of the molecule is CCC(c1cccc(-c2nc(C)sc2-c2ccnc(Nc3ccc(N4CCN(CC5(F)CCN(c6ccc(C7CCC(=O)NC7=O)cc6)CC5)CC4)cc3)n2)c1F)S(N)(=O)=O. The number of piperazine rings is 1. The number of carbonyl (C=O) groups excluding carboxylic acids is 2. The standard InChI is InChI=1S/C44H49F2N9O4S2/c1-3-37(61(47,58)59)34-5-4-6-35(39(34)45)40-41(60-28(2)49-40)36-17-20-48-43(51-36)50-30-9-13-32(14-10-30)55-25-23-53(24-26-55)27-44(46)18-21-54(22-19-44)31-11-7-29(8-12-31)33-15-16-38(56)52-42(33)57/h4-14,17,20,33,37H,3,15-16,18-19,21-27H2,1-2H3,(H2,47,58,59)(H,48,50,51)(H,52,56,57). The molecular formula is C44H49F2N9O4S2. The van der Waals surface area contributed by atoms with E-state index in [1.165, 1.54) is 17.4 Å². The Morgan fingerprint density at radius 3 is 2.26 bits per heavy atom. The number of primary sulfonamides is 1. The minimum absolute atomic E-state index is 0.00516. The van der Waals surface area contributed by atoms with Gasteiger partial charge in [0, 0.05) is 99.5 Å². The molecule has 2 unspecified atom stereocenters. The van der Waals surface area contributed by atoms with E-state index in [0.717, 1.165) is 48.8 Å². The van der Waals surface area contributed by atoms with E-state index in [9.17, 15) is 18.0 Å². The van der Waals surface area contributed by atoms with Gasteiger partial charge in [0.25, 0.3) is 0 Å². The van der Waals surface area contributed by atoms with E-state index >= 15 is 8.78 Å². The Morgan fingerprint density at radius 2 is 1.61 bits per heavy atom. The van der Waals surface area contributed by atoms with Gasteiger partial charge in [-0.25, -0.2) is 37.3 Å². The Kier molecular flexibility index (Phi) is 12.2. The Morgan fingerprint density at radius 1 is 0.934 bits per heavy atom. The minimum atomic E-state index is -4.03.